The number of hydrogen-bond donors (Lipinski definition) is 2. The van der Waals surface area contributed by atoms with E-state index in [2.05, 4.69) is 0 Å². The smallest absolute Gasteiger partial charge is 0.312 e. The van der Waals surface area contributed by atoms with Crippen LogP contribution in [0.2, 0.25) is 0 Å². The van der Waals surface area contributed by atoms with Crippen LogP contribution >= 0.6 is 7.75 Å². The van der Waals surface area contributed by atoms with E-state index in [1.807, 2.05) is 0 Å². The molecular formula is C10H16F6NO3P. The Morgan fingerprint density at radius 3 is 1.90 bits per heavy atom. The lowest BCUT2D eigenvalue weighted by Gasteiger charge is -2.51. The Kier molecular flexibility index (Phi) is 5.10. The SMILES string of the molecule is CC1CCCN(P(=O)(O)O)C1(CC(F)(F)F)CC(F)(F)F. The van der Waals surface area contributed by atoms with Crippen LogP contribution in [0.4, 0.5) is 26.3 Å². The van der Waals surface area contributed by atoms with E-state index in [0.717, 1.165) is 0 Å². The highest BCUT2D eigenvalue weighted by Gasteiger charge is 2.59. The molecule has 1 fully saturated rings. The van der Waals surface area contributed by atoms with Gasteiger partial charge in [0, 0.05) is 6.54 Å². The Morgan fingerprint density at radius 2 is 1.57 bits per heavy atom. The Morgan fingerprint density at radius 1 is 1.14 bits per heavy atom. The molecule has 0 aromatic heterocycles. The van der Waals surface area contributed by atoms with Gasteiger partial charge in [-0.1, -0.05) is 6.92 Å². The summed E-state index contributed by atoms with van der Waals surface area (Å²) in [4.78, 5) is 18.4. The van der Waals surface area contributed by atoms with Crippen LogP contribution < -0.4 is 0 Å². The van der Waals surface area contributed by atoms with Gasteiger partial charge in [0.25, 0.3) is 0 Å². The summed E-state index contributed by atoms with van der Waals surface area (Å²) in [6.45, 7) is 0.667. The van der Waals surface area contributed by atoms with Crippen molar-refractivity contribution in [2.24, 2.45) is 5.92 Å². The fourth-order valence-electron chi connectivity index (χ4n) is 2.97. The van der Waals surface area contributed by atoms with E-state index < -0.39 is 50.9 Å². The molecule has 0 bridgehead atoms. The molecule has 1 saturated heterocycles. The molecule has 0 aromatic carbocycles. The van der Waals surface area contributed by atoms with Gasteiger partial charge in [0.2, 0.25) is 0 Å². The molecule has 0 amide bonds. The number of alkyl halides is 6. The van der Waals surface area contributed by atoms with E-state index in [9.17, 15) is 40.7 Å². The lowest BCUT2D eigenvalue weighted by Crippen LogP contribution is -2.58. The predicted molar refractivity (Wildman–Crippen MR) is 61.2 cm³/mol. The maximum atomic E-state index is 12.7. The molecule has 1 aliphatic rings. The molecule has 1 aliphatic heterocycles. The molecular weight excluding hydrogens is 327 g/mol. The minimum atomic E-state index is -5.24. The van der Waals surface area contributed by atoms with E-state index >= 15 is 0 Å². The van der Waals surface area contributed by atoms with Gasteiger partial charge >= 0.3 is 20.1 Å². The summed E-state index contributed by atoms with van der Waals surface area (Å²) in [6.07, 6.45) is -13.6. The molecule has 1 heterocycles. The van der Waals surface area contributed by atoms with Crippen molar-refractivity contribution in [3.05, 3.63) is 0 Å². The molecule has 21 heavy (non-hydrogen) atoms. The van der Waals surface area contributed by atoms with Crippen molar-refractivity contribution in [2.45, 2.75) is 50.5 Å². The Labute approximate surface area is 117 Å². The van der Waals surface area contributed by atoms with Gasteiger partial charge < -0.3 is 9.79 Å². The van der Waals surface area contributed by atoms with Gasteiger partial charge in [-0.3, -0.25) is 0 Å². The zero-order valence-corrected chi connectivity index (χ0v) is 12.0. The summed E-state index contributed by atoms with van der Waals surface area (Å²) < 4.78 is 88.0. The Hall–Kier alpha value is -0.310. The van der Waals surface area contributed by atoms with E-state index in [4.69, 9.17) is 0 Å². The fourth-order valence-corrected chi connectivity index (χ4v) is 4.23. The number of halogens is 6. The normalized spacial score (nSPS) is 25.1. The third-order valence-corrected chi connectivity index (χ3v) is 4.99. The highest BCUT2D eigenvalue weighted by atomic mass is 31.2. The highest BCUT2D eigenvalue weighted by molar-refractivity contribution is 7.49. The molecule has 2 N–H and O–H groups in total. The zero-order valence-electron chi connectivity index (χ0n) is 11.1. The molecule has 1 atom stereocenters. The van der Waals surface area contributed by atoms with Crippen LogP contribution in [0.1, 0.15) is 32.6 Å². The second-order valence-corrected chi connectivity index (χ2v) is 6.88. The molecule has 11 heteroatoms. The molecule has 1 rings (SSSR count). The maximum absolute atomic E-state index is 12.7. The summed E-state index contributed by atoms with van der Waals surface area (Å²) in [6, 6.07) is 0. The molecule has 1 unspecified atom stereocenters. The first kappa shape index (κ1) is 18.7. The van der Waals surface area contributed by atoms with Gasteiger partial charge in [-0.15, -0.1) is 0 Å². The van der Waals surface area contributed by atoms with Crippen LogP contribution in [0.3, 0.4) is 0 Å². The summed E-state index contributed by atoms with van der Waals surface area (Å²) in [5, 5.41) is 0. The third kappa shape index (κ3) is 4.84. The maximum Gasteiger partial charge on any atom is 0.403 e. The van der Waals surface area contributed by atoms with Crippen molar-refractivity contribution in [3.63, 3.8) is 0 Å². The van der Waals surface area contributed by atoms with E-state index in [-0.39, 0.29) is 17.5 Å². The van der Waals surface area contributed by atoms with E-state index in [0.29, 0.717) is 0 Å². The minimum Gasteiger partial charge on any atom is -0.312 e. The van der Waals surface area contributed by atoms with Crippen molar-refractivity contribution >= 4 is 7.75 Å². The molecule has 126 valence electrons. The number of rotatable bonds is 3. The van der Waals surface area contributed by atoms with Crippen LogP contribution in [0, 0.1) is 5.92 Å². The molecule has 0 aromatic rings. The highest BCUT2D eigenvalue weighted by Crippen LogP contribution is 2.57. The van der Waals surface area contributed by atoms with E-state index in [1.54, 1.807) is 0 Å². The average molecular weight is 343 g/mol. The lowest BCUT2D eigenvalue weighted by atomic mass is 9.74. The van der Waals surface area contributed by atoms with Crippen LogP contribution in [-0.4, -0.2) is 38.9 Å². The Balaban J connectivity index is 3.35. The van der Waals surface area contributed by atoms with Gasteiger partial charge in [-0.2, -0.15) is 26.3 Å². The number of nitrogens with zero attached hydrogens (tertiary/aromatic N) is 1. The summed E-state index contributed by atoms with van der Waals surface area (Å²) in [5.74, 6) is -1.15. The largest absolute Gasteiger partial charge is 0.403 e. The van der Waals surface area contributed by atoms with Crippen LogP contribution in [0.25, 0.3) is 0 Å². The van der Waals surface area contributed by atoms with E-state index in [1.165, 1.54) is 6.92 Å². The second-order valence-electron chi connectivity index (χ2n) is 5.37. The number of hydrogen-bond acceptors (Lipinski definition) is 1. The Bertz CT molecular complexity index is 402. The standard InChI is InChI=1S/C10H16F6NO3P/c1-7-3-2-4-17(21(18,19)20)8(7,5-9(11,12)13)6-10(14,15)16/h7H,2-6H2,1H3,(H2,18,19,20). The van der Waals surface area contributed by atoms with Crippen molar-refractivity contribution in [2.75, 3.05) is 6.54 Å². The van der Waals surface area contributed by atoms with Gasteiger partial charge in [0.1, 0.15) is 0 Å². The van der Waals surface area contributed by atoms with Crippen LogP contribution in [-0.2, 0) is 4.57 Å². The average Bonchev–Trinajstić information content (AvgIpc) is 2.15. The first-order chi connectivity index (χ1) is 9.17. The monoisotopic (exact) mass is 343 g/mol. The van der Waals surface area contributed by atoms with Gasteiger partial charge in [-0.05, 0) is 18.8 Å². The zero-order chi connectivity index (χ0) is 16.7. The molecule has 0 radical (unpaired) electrons. The molecule has 0 aliphatic carbocycles. The first-order valence-electron chi connectivity index (χ1n) is 6.14. The number of piperidine rings is 1. The van der Waals surface area contributed by atoms with Gasteiger partial charge in [-0.25, -0.2) is 9.24 Å². The van der Waals surface area contributed by atoms with Crippen LogP contribution in [0.15, 0.2) is 0 Å². The quantitative estimate of drug-likeness (QED) is 0.609. The first-order valence-corrected chi connectivity index (χ1v) is 7.71. The summed E-state index contributed by atoms with van der Waals surface area (Å²) in [5.41, 5.74) is -2.67. The van der Waals surface area contributed by atoms with Crippen molar-refractivity contribution in [1.82, 2.24) is 4.67 Å². The second kappa shape index (κ2) is 5.72. The van der Waals surface area contributed by atoms with Crippen molar-refractivity contribution in [3.8, 4) is 0 Å². The fraction of sp³-hybridized carbons (Fsp3) is 1.00. The topological polar surface area (TPSA) is 60.8 Å². The van der Waals surface area contributed by atoms with Crippen LogP contribution in [0.5, 0.6) is 0 Å². The molecule has 0 spiro atoms. The van der Waals surface area contributed by atoms with Gasteiger partial charge in [0.05, 0.1) is 18.4 Å². The molecule has 0 saturated carbocycles. The third-order valence-electron chi connectivity index (χ3n) is 3.77. The van der Waals surface area contributed by atoms with Crippen molar-refractivity contribution in [1.29, 1.82) is 0 Å². The summed E-state index contributed by atoms with van der Waals surface area (Å²) >= 11 is 0. The predicted octanol–water partition coefficient (Wildman–Crippen LogP) is 3.45. The molecule has 4 nitrogen and oxygen atoms in total. The summed E-state index contributed by atoms with van der Waals surface area (Å²) in [7, 11) is -5.24. The minimum absolute atomic E-state index is 0.0443. The lowest BCUT2D eigenvalue weighted by molar-refractivity contribution is -0.207. The van der Waals surface area contributed by atoms with Crippen molar-refractivity contribution < 1.29 is 40.7 Å². The van der Waals surface area contributed by atoms with Gasteiger partial charge in [0.15, 0.2) is 0 Å².